The Morgan fingerprint density at radius 1 is 0.818 bits per heavy atom. The first-order chi connectivity index (χ1) is 20.8. The van der Waals surface area contributed by atoms with Gasteiger partial charge < -0.3 is 37.7 Å². The van der Waals surface area contributed by atoms with Gasteiger partial charge in [-0.15, -0.1) is 0 Å². The van der Waals surface area contributed by atoms with Gasteiger partial charge in [0.25, 0.3) is 11.8 Å². The highest BCUT2D eigenvalue weighted by Crippen LogP contribution is 2.38. The van der Waals surface area contributed by atoms with Crippen LogP contribution in [0.4, 0.5) is 11.4 Å². The third kappa shape index (κ3) is 8.62. The fourth-order valence-electron chi connectivity index (χ4n) is 4.26. The topological polar surface area (TPSA) is 124 Å². The maximum absolute atomic E-state index is 13.0. The largest absolute Gasteiger partial charge is 1.00 e. The number of anilines is 1. The Labute approximate surface area is 263 Å². The van der Waals surface area contributed by atoms with Crippen molar-refractivity contribution in [3.8, 4) is 17.2 Å². The Balaban J connectivity index is 0.00000529. The first kappa shape index (κ1) is 33.2. The van der Waals surface area contributed by atoms with E-state index in [1.165, 1.54) is 33.5 Å². The van der Waals surface area contributed by atoms with Crippen molar-refractivity contribution < 1.29 is 36.2 Å². The molecule has 0 unspecified atom stereocenters. The summed E-state index contributed by atoms with van der Waals surface area (Å²) in [6, 6.07) is 25.8. The number of benzene rings is 4. The molecular weight excluding hydrogens is 580 g/mol. The summed E-state index contributed by atoms with van der Waals surface area (Å²) in [5.74, 6) is 0.132. The minimum absolute atomic E-state index is 0. The van der Waals surface area contributed by atoms with Crippen molar-refractivity contribution in [2.24, 2.45) is 10.7 Å². The first-order valence-corrected chi connectivity index (χ1v) is 13.5. The summed E-state index contributed by atoms with van der Waals surface area (Å²) in [4.78, 5) is 30.2. The van der Waals surface area contributed by atoms with Crippen LogP contribution in [0.1, 0.15) is 37.4 Å². The lowest BCUT2D eigenvalue weighted by Crippen LogP contribution is -3.00. The Morgan fingerprint density at radius 3 is 2.09 bits per heavy atom. The molecule has 4 aromatic rings. The average molecular weight is 614 g/mol. The lowest BCUT2D eigenvalue weighted by atomic mass is 10.1. The number of hydrogen-bond donors (Lipinski definition) is 3. The molecule has 2 amide bonds. The monoisotopic (exact) mass is 613 g/mol. The normalized spacial score (nSPS) is 11.0. The van der Waals surface area contributed by atoms with Crippen molar-refractivity contribution in [2.75, 3.05) is 26.6 Å². The Morgan fingerprint density at radius 2 is 1.48 bits per heavy atom. The van der Waals surface area contributed by atoms with Crippen LogP contribution in [0.5, 0.6) is 17.2 Å². The molecule has 10 heteroatoms. The van der Waals surface area contributed by atoms with Gasteiger partial charge in [-0.25, -0.2) is 4.99 Å². The Bertz CT molecular complexity index is 1630. The van der Waals surface area contributed by atoms with E-state index in [9.17, 15) is 9.59 Å². The zero-order chi connectivity index (χ0) is 30.8. The molecule has 0 bridgehead atoms. The Kier molecular flexibility index (Phi) is 11.9. The molecule has 0 aliphatic rings. The van der Waals surface area contributed by atoms with Crippen LogP contribution in [0.15, 0.2) is 96.0 Å². The number of nitrogens with two attached hydrogens (primary N) is 1. The van der Waals surface area contributed by atoms with Crippen molar-refractivity contribution in [2.45, 2.75) is 13.3 Å². The second-order valence-electron chi connectivity index (χ2n) is 9.53. The number of amides is 2. The van der Waals surface area contributed by atoms with Crippen molar-refractivity contribution in [3.05, 3.63) is 119 Å². The highest BCUT2D eigenvalue weighted by Gasteiger charge is 2.17. The van der Waals surface area contributed by atoms with E-state index in [0.29, 0.717) is 34.2 Å². The molecule has 44 heavy (non-hydrogen) atoms. The van der Waals surface area contributed by atoms with Crippen LogP contribution in [-0.4, -0.2) is 39.1 Å². The fourth-order valence-corrected chi connectivity index (χ4v) is 4.26. The van der Waals surface area contributed by atoms with E-state index in [1.807, 2.05) is 43.3 Å². The highest BCUT2D eigenvalue weighted by atomic mass is 35.5. The minimum Gasteiger partial charge on any atom is -1.00 e. The third-order valence-electron chi connectivity index (χ3n) is 6.57. The zero-order valence-electron chi connectivity index (χ0n) is 24.9. The summed E-state index contributed by atoms with van der Waals surface area (Å²) in [7, 11) is 4.40. The van der Waals surface area contributed by atoms with Crippen molar-refractivity contribution in [3.63, 3.8) is 0 Å². The van der Waals surface area contributed by atoms with Crippen LogP contribution in [0.2, 0.25) is 0 Å². The van der Waals surface area contributed by atoms with E-state index in [-0.39, 0.29) is 29.8 Å². The molecule has 0 saturated heterocycles. The van der Waals surface area contributed by atoms with Crippen molar-refractivity contribution >= 4 is 35.2 Å². The first-order valence-electron chi connectivity index (χ1n) is 13.5. The number of rotatable bonds is 10. The van der Waals surface area contributed by atoms with Gasteiger partial charge in [-0.05, 0) is 66.4 Å². The minimum atomic E-state index is -0.514. The molecule has 4 rings (SSSR count). The summed E-state index contributed by atoms with van der Waals surface area (Å²) in [6.07, 6.45) is 4.93. The maximum Gasteiger partial charge on any atom is 0.258 e. The van der Waals surface area contributed by atoms with Gasteiger partial charge in [0.1, 0.15) is 0 Å². The zero-order valence-corrected chi connectivity index (χ0v) is 25.6. The number of carbonyl (C=O) groups excluding carboxylic acids is 2. The van der Waals surface area contributed by atoms with Crippen LogP contribution in [-0.2, 0) is 6.42 Å². The molecule has 0 aromatic heterocycles. The van der Waals surface area contributed by atoms with Crippen molar-refractivity contribution in [1.82, 2.24) is 5.32 Å². The predicted molar refractivity (Wildman–Crippen MR) is 170 cm³/mol. The van der Waals surface area contributed by atoms with E-state index in [1.54, 1.807) is 24.3 Å². The van der Waals surface area contributed by atoms with Crippen LogP contribution in [0.3, 0.4) is 0 Å². The van der Waals surface area contributed by atoms with E-state index in [0.717, 1.165) is 23.1 Å². The van der Waals surface area contributed by atoms with Crippen LogP contribution < -0.4 is 43.0 Å². The van der Waals surface area contributed by atoms with E-state index >= 15 is 0 Å². The molecule has 0 aliphatic heterocycles. The van der Waals surface area contributed by atoms with Crippen LogP contribution in [0.25, 0.3) is 6.08 Å². The molecule has 0 fully saturated rings. The second kappa shape index (κ2) is 15.8. The van der Waals surface area contributed by atoms with Gasteiger partial charge in [0.05, 0.1) is 27.0 Å². The highest BCUT2D eigenvalue weighted by molar-refractivity contribution is 6.07. The predicted octanol–water partition coefficient (Wildman–Crippen LogP) is 2.91. The van der Waals surface area contributed by atoms with Crippen molar-refractivity contribution in [1.29, 1.82) is 0 Å². The van der Waals surface area contributed by atoms with Gasteiger partial charge in [0, 0.05) is 16.8 Å². The number of methoxy groups -OCH3 is 3. The number of hydrogen-bond acceptors (Lipinski definition) is 6. The van der Waals surface area contributed by atoms with Gasteiger partial charge >= 0.3 is 0 Å². The SMILES string of the molecule is COc1cc(C(=O)NC(N)=Nc2ccc(C)c(NC(=O)c3ccc(C/C=C/c4ccccc4)cc3)c2)cc(OC)c1OC.[Cl-]. The third-order valence-corrected chi connectivity index (χ3v) is 6.57. The molecule has 0 aliphatic carbocycles. The van der Waals surface area contributed by atoms with Gasteiger partial charge in [-0.2, -0.15) is 0 Å². The number of carbonyl (C=O) groups is 2. The number of guanidine groups is 1. The number of ether oxygens (including phenoxy) is 3. The number of nitrogens with one attached hydrogen (secondary N) is 2. The van der Waals surface area contributed by atoms with Crippen LogP contribution in [0, 0.1) is 6.92 Å². The summed E-state index contributed by atoms with van der Waals surface area (Å²) >= 11 is 0. The quantitative estimate of drug-likeness (QED) is 0.187. The average Bonchev–Trinajstić information content (AvgIpc) is 3.02. The molecule has 4 N–H and O–H groups in total. The van der Waals surface area contributed by atoms with Gasteiger partial charge in [0.2, 0.25) is 11.7 Å². The number of halogens is 1. The smallest absolute Gasteiger partial charge is 0.258 e. The number of nitrogens with zero attached hydrogens (tertiary/aromatic N) is 1. The molecule has 9 nitrogen and oxygen atoms in total. The fraction of sp³-hybridized carbons (Fsp3) is 0.147. The molecule has 0 atom stereocenters. The summed E-state index contributed by atoms with van der Waals surface area (Å²) < 4.78 is 15.9. The van der Waals surface area contributed by atoms with E-state index in [2.05, 4.69) is 39.9 Å². The number of aliphatic imine (C=N–C) groups is 1. The summed E-state index contributed by atoms with van der Waals surface area (Å²) in [6.45, 7) is 1.88. The summed E-state index contributed by atoms with van der Waals surface area (Å²) in [5.41, 5.74) is 10.9. The van der Waals surface area contributed by atoms with Gasteiger partial charge in [-0.3, -0.25) is 14.9 Å². The molecule has 0 spiro atoms. The lowest BCUT2D eigenvalue weighted by Gasteiger charge is -2.14. The number of allylic oxidation sites excluding steroid dienone is 1. The molecule has 0 saturated carbocycles. The molecule has 0 heterocycles. The van der Waals surface area contributed by atoms with Crippen LogP contribution >= 0.6 is 0 Å². The molecule has 4 aromatic carbocycles. The van der Waals surface area contributed by atoms with E-state index < -0.39 is 5.91 Å². The summed E-state index contributed by atoms with van der Waals surface area (Å²) in [5, 5.41) is 5.50. The standard InChI is InChI=1S/C34H34N4O5.ClH/c1-22-13-18-27(36-34(35)38-33(40)26-19-29(41-2)31(43-4)30(20-26)42-3)21-28(22)37-32(39)25-16-14-24(15-17-25)12-8-11-23-9-6-5-7-10-23;/h5-11,13-21H,12H2,1-4H3,(H,37,39)(H3,35,36,38,40);1H/p-1/b11-8+;. The lowest BCUT2D eigenvalue weighted by molar-refractivity contribution is -0.0000253. The number of aryl methyl sites for hydroxylation is 1. The second-order valence-corrected chi connectivity index (χ2v) is 9.53. The molecular formula is C34H34ClN4O5-. The molecule has 228 valence electrons. The maximum atomic E-state index is 13.0. The Hall–Kier alpha value is -5.28. The molecule has 0 radical (unpaired) electrons. The van der Waals surface area contributed by atoms with Gasteiger partial charge in [-0.1, -0.05) is 60.7 Å². The van der Waals surface area contributed by atoms with Gasteiger partial charge in [0.15, 0.2) is 11.5 Å². The van der Waals surface area contributed by atoms with E-state index in [4.69, 9.17) is 19.9 Å².